The van der Waals surface area contributed by atoms with E-state index in [1.807, 2.05) is 46.4 Å². The van der Waals surface area contributed by atoms with E-state index in [4.69, 9.17) is 0 Å². The average Bonchev–Trinajstić information content (AvgIpc) is 2.31. The number of carbonyl (C=O) groups excluding carboxylic acids is 2. The summed E-state index contributed by atoms with van der Waals surface area (Å²) in [6.07, 6.45) is 0.928. The highest BCUT2D eigenvalue weighted by atomic mass is 32.2. The molecule has 1 aliphatic rings. The normalized spacial score (nSPS) is 22.9. The maximum atomic E-state index is 12.7. The maximum absolute atomic E-state index is 12.7. The van der Waals surface area contributed by atoms with Gasteiger partial charge in [-0.05, 0) is 37.2 Å². The molecule has 0 aromatic carbocycles. The van der Waals surface area contributed by atoms with E-state index in [2.05, 4.69) is 12.2 Å². The summed E-state index contributed by atoms with van der Waals surface area (Å²) < 4.78 is 0. The first kappa shape index (κ1) is 17.3. The molecule has 2 amide bonds. The lowest BCUT2D eigenvalue weighted by Crippen LogP contribution is -2.70. The van der Waals surface area contributed by atoms with Crippen LogP contribution in [-0.2, 0) is 9.59 Å². The molecule has 0 aromatic heterocycles. The van der Waals surface area contributed by atoms with E-state index in [-0.39, 0.29) is 17.2 Å². The summed E-state index contributed by atoms with van der Waals surface area (Å²) >= 11 is 1.87. The maximum Gasteiger partial charge on any atom is 0.246 e. The molecule has 0 aliphatic carbocycles. The summed E-state index contributed by atoms with van der Waals surface area (Å²) in [6, 6.07) is -0.429. The van der Waals surface area contributed by atoms with Crippen molar-refractivity contribution in [3.05, 3.63) is 0 Å². The minimum atomic E-state index is -0.754. The third-order valence-electron chi connectivity index (χ3n) is 3.76. The van der Waals surface area contributed by atoms with E-state index in [1.54, 1.807) is 4.90 Å². The number of amides is 2. The van der Waals surface area contributed by atoms with Crippen molar-refractivity contribution in [2.45, 2.75) is 59.5 Å². The first-order chi connectivity index (χ1) is 9.12. The standard InChI is InChI=1S/C15H28N2O2S/c1-7-20-10-8-9-17-12(18)11(14(2,3)4)16-13(19)15(17,5)6/h11H,7-10H2,1-6H3,(H,16,19). The van der Waals surface area contributed by atoms with Crippen molar-refractivity contribution < 1.29 is 9.59 Å². The molecule has 0 aromatic rings. The molecule has 1 aliphatic heterocycles. The zero-order valence-corrected chi connectivity index (χ0v) is 14.4. The Kier molecular flexibility index (Phi) is 5.53. The molecule has 0 saturated carbocycles. The molecule has 1 unspecified atom stereocenters. The van der Waals surface area contributed by atoms with Crippen molar-refractivity contribution in [1.29, 1.82) is 0 Å². The lowest BCUT2D eigenvalue weighted by Gasteiger charge is -2.47. The van der Waals surface area contributed by atoms with Gasteiger partial charge in [-0.1, -0.05) is 27.7 Å². The van der Waals surface area contributed by atoms with Gasteiger partial charge in [-0.15, -0.1) is 0 Å². The minimum Gasteiger partial charge on any atom is -0.342 e. The highest BCUT2D eigenvalue weighted by molar-refractivity contribution is 7.99. The lowest BCUT2D eigenvalue weighted by molar-refractivity contribution is -0.158. The Morgan fingerprint density at radius 2 is 1.90 bits per heavy atom. The Hall–Kier alpha value is -0.710. The van der Waals surface area contributed by atoms with Gasteiger partial charge in [0, 0.05) is 6.54 Å². The molecule has 1 saturated heterocycles. The summed E-state index contributed by atoms with van der Waals surface area (Å²) in [5.41, 5.74) is -1.02. The van der Waals surface area contributed by atoms with Gasteiger partial charge in [0.25, 0.3) is 0 Å². The number of nitrogens with one attached hydrogen (secondary N) is 1. The number of carbonyl (C=O) groups is 2. The van der Waals surface area contributed by atoms with Gasteiger partial charge in [-0.25, -0.2) is 0 Å². The van der Waals surface area contributed by atoms with Crippen LogP contribution >= 0.6 is 11.8 Å². The third-order valence-corrected chi connectivity index (χ3v) is 4.75. The monoisotopic (exact) mass is 300 g/mol. The van der Waals surface area contributed by atoms with Gasteiger partial charge >= 0.3 is 0 Å². The molecule has 0 radical (unpaired) electrons. The lowest BCUT2D eigenvalue weighted by atomic mass is 9.82. The largest absolute Gasteiger partial charge is 0.342 e. The van der Waals surface area contributed by atoms with Crippen LogP contribution < -0.4 is 5.32 Å². The second-order valence-electron chi connectivity index (χ2n) is 6.87. The van der Waals surface area contributed by atoms with Crippen molar-refractivity contribution in [3.8, 4) is 0 Å². The summed E-state index contributed by atoms with van der Waals surface area (Å²) in [6.45, 7) is 12.4. The highest BCUT2D eigenvalue weighted by Gasteiger charge is 2.49. The third kappa shape index (κ3) is 3.68. The van der Waals surface area contributed by atoms with Crippen LogP contribution in [0.3, 0.4) is 0 Å². The molecule has 0 bridgehead atoms. The van der Waals surface area contributed by atoms with E-state index in [1.165, 1.54) is 0 Å². The highest BCUT2D eigenvalue weighted by Crippen LogP contribution is 2.29. The molecule has 1 heterocycles. The van der Waals surface area contributed by atoms with Crippen molar-refractivity contribution in [3.63, 3.8) is 0 Å². The van der Waals surface area contributed by atoms with Gasteiger partial charge in [-0.2, -0.15) is 11.8 Å². The van der Waals surface area contributed by atoms with Crippen molar-refractivity contribution in [2.24, 2.45) is 5.41 Å². The van der Waals surface area contributed by atoms with Gasteiger partial charge < -0.3 is 10.2 Å². The zero-order valence-electron chi connectivity index (χ0n) is 13.6. The first-order valence-corrected chi connectivity index (χ1v) is 8.48. The van der Waals surface area contributed by atoms with Crippen LogP contribution in [0.1, 0.15) is 48.0 Å². The van der Waals surface area contributed by atoms with Crippen LogP contribution in [0.2, 0.25) is 0 Å². The van der Waals surface area contributed by atoms with Crippen molar-refractivity contribution in [1.82, 2.24) is 10.2 Å². The van der Waals surface area contributed by atoms with Crippen LogP contribution in [0.25, 0.3) is 0 Å². The van der Waals surface area contributed by atoms with Gasteiger partial charge in [0.2, 0.25) is 11.8 Å². The predicted molar refractivity (Wildman–Crippen MR) is 84.8 cm³/mol. The summed E-state index contributed by atoms with van der Waals surface area (Å²) in [5, 5.41) is 2.89. The van der Waals surface area contributed by atoms with Gasteiger partial charge in [0.05, 0.1) is 0 Å². The van der Waals surface area contributed by atoms with Crippen molar-refractivity contribution >= 4 is 23.6 Å². The first-order valence-electron chi connectivity index (χ1n) is 7.32. The Balaban J connectivity index is 2.85. The Morgan fingerprint density at radius 3 is 2.40 bits per heavy atom. The van der Waals surface area contributed by atoms with Gasteiger partial charge in [-0.3, -0.25) is 9.59 Å². The predicted octanol–water partition coefficient (Wildman–Crippen LogP) is 2.28. The Labute approximate surface area is 127 Å². The number of rotatable bonds is 5. The van der Waals surface area contributed by atoms with Crippen LogP contribution in [0, 0.1) is 5.41 Å². The molecule has 0 spiro atoms. The molecular weight excluding hydrogens is 272 g/mol. The summed E-state index contributed by atoms with van der Waals surface area (Å²) in [5.74, 6) is 2.10. The number of hydrogen-bond acceptors (Lipinski definition) is 3. The van der Waals surface area contributed by atoms with Crippen LogP contribution in [0.4, 0.5) is 0 Å². The Morgan fingerprint density at radius 1 is 1.30 bits per heavy atom. The fourth-order valence-electron chi connectivity index (χ4n) is 2.37. The molecule has 1 N–H and O–H groups in total. The molecule has 5 heteroatoms. The number of nitrogens with zero attached hydrogens (tertiary/aromatic N) is 1. The molecule has 1 fully saturated rings. The Bertz CT molecular complexity index is 375. The summed E-state index contributed by atoms with van der Waals surface area (Å²) in [4.78, 5) is 26.8. The fraction of sp³-hybridized carbons (Fsp3) is 0.867. The SMILES string of the molecule is CCSCCCN1C(=O)C(C(C)(C)C)NC(=O)C1(C)C. The molecule has 20 heavy (non-hydrogen) atoms. The van der Waals surface area contributed by atoms with Gasteiger partial charge in [0.15, 0.2) is 0 Å². The molecule has 1 rings (SSSR count). The second-order valence-corrected chi connectivity index (χ2v) is 8.27. The zero-order chi connectivity index (χ0) is 15.6. The van der Waals surface area contributed by atoms with E-state index in [0.717, 1.165) is 17.9 Å². The number of piperazine rings is 1. The fourth-order valence-corrected chi connectivity index (χ4v) is 2.99. The smallest absolute Gasteiger partial charge is 0.246 e. The van der Waals surface area contributed by atoms with Crippen molar-refractivity contribution in [2.75, 3.05) is 18.1 Å². The van der Waals surface area contributed by atoms with E-state index in [0.29, 0.717) is 6.54 Å². The average molecular weight is 300 g/mol. The van der Waals surface area contributed by atoms with Crippen LogP contribution in [-0.4, -0.2) is 46.3 Å². The molecule has 116 valence electrons. The van der Waals surface area contributed by atoms with Crippen LogP contribution in [0.5, 0.6) is 0 Å². The quantitative estimate of drug-likeness (QED) is 0.793. The summed E-state index contributed by atoms with van der Waals surface area (Å²) in [7, 11) is 0. The van der Waals surface area contributed by atoms with Gasteiger partial charge in [0.1, 0.15) is 11.6 Å². The molecule has 1 atom stereocenters. The van der Waals surface area contributed by atoms with E-state index in [9.17, 15) is 9.59 Å². The van der Waals surface area contributed by atoms with E-state index >= 15 is 0 Å². The van der Waals surface area contributed by atoms with Crippen LogP contribution in [0.15, 0.2) is 0 Å². The second kappa shape index (κ2) is 6.37. The number of thioether (sulfide) groups is 1. The van der Waals surface area contributed by atoms with E-state index < -0.39 is 11.6 Å². The topological polar surface area (TPSA) is 49.4 Å². The minimum absolute atomic E-state index is 0.0450. The molecule has 4 nitrogen and oxygen atoms in total. The molecular formula is C15H28N2O2S. The number of hydrogen-bond donors (Lipinski definition) is 1.